The van der Waals surface area contributed by atoms with Gasteiger partial charge in [-0.3, -0.25) is 9.59 Å². The molecule has 2 unspecified atom stereocenters. The number of hydrogen-bond donors (Lipinski definition) is 1. The highest BCUT2D eigenvalue weighted by atomic mass is 16.2. The van der Waals surface area contributed by atoms with Crippen molar-refractivity contribution in [1.82, 2.24) is 19.8 Å². The number of rotatable bonds is 5. The fourth-order valence-electron chi connectivity index (χ4n) is 3.34. The predicted octanol–water partition coefficient (Wildman–Crippen LogP) is 2.50. The zero-order valence-corrected chi connectivity index (χ0v) is 14.7. The Bertz CT molecular complexity index is 742. The average molecular weight is 340 g/mol. The summed E-state index contributed by atoms with van der Waals surface area (Å²) in [6.45, 7) is 2.55. The van der Waals surface area contributed by atoms with Crippen molar-refractivity contribution < 1.29 is 9.59 Å². The Morgan fingerprint density at radius 2 is 2.12 bits per heavy atom. The van der Waals surface area contributed by atoms with Crippen molar-refractivity contribution in [3.05, 3.63) is 54.1 Å². The van der Waals surface area contributed by atoms with E-state index in [9.17, 15) is 9.59 Å². The molecule has 2 atom stereocenters. The van der Waals surface area contributed by atoms with Crippen molar-refractivity contribution in [3.8, 4) is 0 Å². The number of imidazole rings is 1. The lowest BCUT2D eigenvalue weighted by molar-refractivity contribution is 0.0802. The van der Waals surface area contributed by atoms with Gasteiger partial charge in [-0.05, 0) is 44.4 Å². The van der Waals surface area contributed by atoms with Crippen LogP contribution in [0.1, 0.15) is 52.9 Å². The van der Waals surface area contributed by atoms with Crippen molar-refractivity contribution in [2.75, 3.05) is 13.6 Å². The van der Waals surface area contributed by atoms with E-state index in [0.717, 1.165) is 19.3 Å². The lowest BCUT2D eigenvalue weighted by Gasteiger charge is -2.22. The molecule has 0 bridgehead atoms. The summed E-state index contributed by atoms with van der Waals surface area (Å²) in [6, 6.07) is 7.24. The van der Waals surface area contributed by atoms with Gasteiger partial charge in [0.1, 0.15) is 0 Å². The first-order valence-electron chi connectivity index (χ1n) is 8.74. The van der Waals surface area contributed by atoms with Crippen LogP contribution < -0.4 is 5.32 Å². The average Bonchev–Trinajstić information content (AvgIpc) is 3.31. The molecule has 0 saturated heterocycles. The highest BCUT2D eigenvalue weighted by Crippen LogP contribution is 2.30. The lowest BCUT2D eigenvalue weighted by Crippen LogP contribution is -2.38. The summed E-state index contributed by atoms with van der Waals surface area (Å²) in [5.41, 5.74) is 1.06. The third-order valence-corrected chi connectivity index (χ3v) is 4.90. The molecule has 6 heteroatoms. The molecule has 132 valence electrons. The second-order valence-electron chi connectivity index (χ2n) is 6.49. The molecule has 0 radical (unpaired) electrons. The van der Waals surface area contributed by atoms with E-state index in [2.05, 4.69) is 14.9 Å². The van der Waals surface area contributed by atoms with E-state index < -0.39 is 0 Å². The number of hydrogen-bond acceptors (Lipinski definition) is 3. The molecule has 0 aliphatic heterocycles. The summed E-state index contributed by atoms with van der Waals surface area (Å²) >= 11 is 0. The molecule has 2 amide bonds. The minimum Gasteiger partial charge on any atom is -0.347 e. The molecule has 2 aromatic rings. The van der Waals surface area contributed by atoms with E-state index in [1.165, 1.54) is 0 Å². The Hall–Kier alpha value is -2.63. The molecule has 1 saturated carbocycles. The molecule has 6 nitrogen and oxygen atoms in total. The van der Waals surface area contributed by atoms with E-state index in [0.29, 0.717) is 17.7 Å². The van der Waals surface area contributed by atoms with Gasteiger partial charge in [-0.1, -0.05) is 6.07 Å². The fraction of sp³-hybridized carbons (Fsp3) is 0.421. The first-order valence-corrected chi connectivity index (χ1v) is 8.74. The van der Waals surface area contributed by atoms with Crippen LogP contribution in [0, 0.1) is 0 Å². The highest BCUT2D eigenvalue weighted by molar-refractivity contribution is 5.99. The van der Waals surface area contributed by atoms with Gasteiger partial charge in [0.15, 0.2) is 0 Å². The van der Waals surface area contributed by atoms with Crippen molar-refractivity contribution in [2.45, 2.75) is 38.3 Å². The first kappa shape index (κ1) is 17.2. The van der Waals surface area contributed by atoms with E-state index in [-0.39, 0.29) is 23.9 Å². The maximum Gasteiger partial charge on any atom is 0.253 e. The Morgan fingerprint density at radius 1 is 1.32 bits per heavy atom. The minimum absolute atomic E-state index is 0.0747. The van der Waals surface area contributed by atoms with E-state index in [4.69, 9.17) is 0 Å². The van der Waals surface area contributed by atoms with Gasteiger partial charge < -0.3 is 14.8 Å². The van der Waals surface area contributed by atoms with Crippen molar-refractivity contribution >= 4 is 11.8 Å². The summed E-state index contributed by atoms with van der Waals surface area (Å²) in [6.07, 6.45) is 8.56. The Balaban J connectivity index is 1.72. The van der Waals surface area contributed by atoms with Crippen molar-refractivity contribution in [3.63, 3.8) is 0 Å². The molecule has 1 fully saturated rings. The highest BCUT2D eigenvalue weighted by Gasteiger charge is 2.30. The minimum atomic E-state index is -0.134. The van der Waals surface area contributed by atoms with Crippen LogP contribution in [-0.4, -0.2) is 45.9 Å². The zero-order chi connectivity index (χ0) is 17.8. The third-order valence-electron chi connectivity index (χ3n) is 4.90. The monoisotopic (exact) mass is 340 g/mol. The summed E-state index contributed by atoms with van der Waals surface area (Å²) in [5.74, 6) is -0.208. The molecule has 1 aliphatic carbocycles. The molecule has 1 heterocycles. The Labute approximate surface area is 147 Å². The number of benzene rings is 1. The SMILES string of the molecule is CCN(C)C(=O)c1cccc(C(=O)NC2CCCC2n2ccnc2)c1. The Kier molecular flexibility index (Phi) is 5.16. The third kappa shape index (κ3) is 3.73. The quantitative estimate of drug-likeness (QED) is 0.909. The molecule has 1 aromatic carbocycles. The van der Waals surface area contributed by atoms with E-state index in [1.54, 1.807) is 48.7 Å². The summed E-state index contributed by atoms with van der Waals surface area (Å²) in [4.78, 5) is 30.7. The van der Waals surface area contributed by atoms with Crippen LogP contribution in [0.2, 0.25) is 0 Å². The maximum atomic E-state index is 12.7. The van der Waals surface area contributed by atoms with Gasteiger partial charge in [-0.2, -0.15) is 0 Å². The molecule has 3 rings (SSSR count). The van der Waals surface area contributed by atoms with E-state index >= 15 is 0 Å². The molecule has 25 heavy (non-hydrogen) atoms. The van der Waals surface area contributed by atoms with Crippen LogP contribution in [-0.2, 0) is 0 Å². The summed E-state index contributed by atoms with van der Waals surface area (Å²) in [5, 5.41) is 3.13. The fourth-order valence-corrected chi connectivity index (χ4v) is 3.34. The predicted molar refractivity (Wildman–Crippen MR) is 95.4 cm³/mol. The van der Waals surface area contributed by atoms with Crippen LogP contribution in [0.5, 0.6) is 0 Å². The number of nitrogens with zero attached hydrogens (tertiary/aromatic N) is 3. The molecule has 1 aliphatic rings. The maximum absolute atomic E-state index is 12.7. The van der Waals surface area contributed by atoms with Gasteiger partial charge in [-0.15, -0.1) is 0 Å². The van der Waals surface area contributed by atoms with Gasteiger partial charge in [0, 0.05) is 43.2 Å². The van der Waals surface area contributed by atoms with Crippen LogP contribution in [0.15, 0.2) is 43.0 Å². The van der Waals surface area contributed by atoms with Gasteiger partial charge in [0.05, 0.1) is 12.4 Å². The largest absolute Gasteiger partial charge is 0.347 e. The topological polar surface area (TPSA) is 67.2 Å². The van der Waals surface area contributed by atoms with Crippen molar-refractivity contribution in [2.24, 2.45) is 0 Å². The zero-order valence-electron chi connectivity index (χ0n) is 14.7. The van der Waals surface area contributed by atoms with Gasteiger partial charge in [0.2, 0.25) is 0 Å². The lowest BCUT2D eigenvalue weighted by atomic mass is 10.1. The molecule has 0 spiro atoms. The molecule has 1 N–H and O–H groups in total. The Morgan fingerprint density at radius 3 is 2.84 bits per heavy atom. The van der Waals surface area contributed by atoms with Gasteiger partial charge in [-0.25, -0.2) is 4.98 Å². The summed E-state index contributed by atoms with van der Waals surface area (Å²) < 4.78 is 2.06. The van der Waals surface area contributed by atoms with E-state index in [1.807, 2.05) is 13.1 Å². The number of carbonyl (C=O) groups is 2. The van der Waals surface area contributed by atoms with Crippen LogP contribution in [0.3, 0.4) is 0 Å². The normalized spacial score (nSPS) is 19.6. The molecule has 1 aromatic heterocycles. The molecular weight excluding hydrogens is 316 g/mol. The molecular formula is C19H24N4O2. The number of nitrogens with one attached hydrogen (secondary N) is 1. The number of aromatic nitrogens is 2. The van der Waals surface area contributed by atoms with Crippen LogP contribution >= 0.6 is 0 Å². The standard InChI is InChI=1S/C19H24N4O2/c1-3-22(2)19(25)15-7-4-6-14(12-15)18(24)21-16-8-5-9-17(16)23-11-10-20-13-23/h4,6-7,10-13,16-17H,3,5,8-9H2,1-2H3,(H,21,24). The number of carbonyl (C=O) groups excluding carboxylic acids is 2. The second-order valence-corrected chi connectivity index (χ2v) is 6.49. The van der Waals surface area contributed by atoms with Crippen LogP contribution in [0.25, 0.3) is 0 Å². The number of amides is 2. The summed E-state index contributed by atoms with van der Waals surface area (Å²) in [7, 11) is 1.75. The second kappa shape index (κ2) is 7.51. The van der Waals surface area contributed by atoms with Gasteiger partial charge in [0.25, 0.3) is 11.8 Å². The van der Waals surface area contributed by atoms with Crippen LogP contribution in [0.4, 0.5) is 0 Å². The first-order chi connectivity index (χ1) is 12.1. The van der Waals surface area contributed by atoms with Crippen molar-refractivity contribution in [1.29, 1.82) is 0 Å². The smallest absolute Gasteiger partial charge is 0.253 e. The van der Waals surface area contributed by atoms with Gasteiger partial charge >= 0.3 is 0 Å².